The van der Waals surface area contributed by atoms with Gasteiger partial charge in [0.25, 0.3) is 0 Å². The highest BCUT2D eigenvalue weighted by Crippen LogP contribution is 2.17. The van der Waals surface area contributed by atoms with Crippen LogP contribution in [0, 0.1) is 0 Å². The Morgan fingerprint density at radius 2 is 0.762 bits per heavy atom. The minimum Gasteiger partial charge on any atom is -0.466 e. The summed E-state index contributed by atoms with van der Waals surface area (Å²) in [5.74, 6) is -0.0752. The van der Waals surface area contributed by atoms with E-state index in [-0.39, 0.29) is 18.5 Å². The first-order chi connectivity index (χ1) is 31.0. The second-order valence-corrected chi connectivity index (χ2v) is 19.3. The number of carbonyl (C=O) groups excluding carboxylic acids is 2. The normalized spacial score (nSPS) is 12.8. The van der Waals surface area contributed by atoms with Crippen molar-refractivity contribution in [2.24, 2.45) is 0 Å². The Morgan fingerprint density at radius 1 is 0.429 bits per heavy atom. The summed E-state index contributed by atoms with van der Waals surface area (Å²) in [6.07, 6.45) is 63.3. The van der Waals surface area contributed by atoms with Crippen LogP contribution in [0.2, 0.25) is 0 Å². The van der Waals surface area contributed by atoms with Crippen molar-refractivity contribution in [3.8, 4) is 0 Å². The van der Waals surface area contributed by atoms with E-state index in [2.05, 4.69) is 31.3 Å². The summed E-state index contributed by atoms with van der Waals surface area (Å²) in [6.45, 7) is 4.87. The number of allylic oxidation sites excluding steroid dienone is 3. The molecule has 6 heteroatoms. The molecule has 0 fully saturated rings. The van der Waals surface area contributed by atoms with E-state index in [1.807, 2.05) is 6.08 Å². The second-order valence-electron chi connectivity index (χ2n) is 19.3. The monoisotopic (exact) mass is 888 g/mol. The molecule has 2 atom stereocenters. The van der Waals surface area contributed by atoms with Crippen molar-refractivity contribution < 1.29 is 24.5 Å². The zero-order valence-corrected chi connectivity index (χ0v) is 42.3. The number of aliphatic hydroxyl groups is 2. The van der Waals surface area contributed by atoms with E-state index in [4.69, 9.17) is 4.74 Å². The van der Waals surface area contributed by atoms with E-state index in [1.54, 1.807) is 6.08 Å². The molecule has 0 aromatic rings. The Balaban J connectivity index is 3.45. The van der Waals surface area contributed by atoms with E-state index in [9.17, 15) is 19.8 Å². The van der Waals surface area contributed by atoms with Gasteiger partial charge in [0.15, 0.2) is 0 Å². The molecule has 0 radical (unpaired) electrons. The number of amides is 1. The minimum atomic E-state index is -0.847. The maximum atomic E-state index is 12.5. The van der Waals surface area contributed by atoms with Crippen LogP contribution >= 0.6 is 0 Å². The standard InChI is InChI=1S/C57H109NO5/c1-3-5-7-9-11-13-15-16-17-20-23-26-30-33-37-41-45-49-55(60)54(53-59)58-56(61)50-46-42-38-34-31-27-24-21-18-19-22-25-28-32-36-40-44-48-52-63-57(62)51-47-43-39-35-29-14-12-10-8-6-4-2/h10,12,45,49,54-55,59-60H,3-9,11,13-44,46-48,50-53H2,1-2H3,(H,58,61)/b12-10-,49-45+. The molecule has 0 aliphatic heterocycles. The van der Waals surface area contributed by atoms with Gasteiger partial charge in [0, 0.05) is 12.8 Å². The summed E-state index contributed by atoms with van der Waals surface area (Å²) in [6, 6.07) is -0.631. The molecule has 0 bridgehead atoms. The van der Waals surface area contributed by atoms with Gasteiger partial charge < -0.3 is 20.3 Å². The van der Waals surface area contributed by atoms with Crippen molar-refractivity contribution in [2.75, 3.05) is 13.2 Å². The van der Waals surface area contributed by atoms with Crippen LogP contribution in [0.5, 0.6) is 0 Å². The predicted molar refractivity (Wildman–Crippen MR) is 273 cm³/mol. The van der Waals surface area contributed by atoms with Crippen LogP contribution in [0.3, 0.4) is 0 Å². The molecule has 0 aliphatic carbocycles. The number of unbranched alkanes of at least 4 members (excludes halogenated alkanes) is 39. The zero-order valence-electron chi connectivity index (χ0n) is 42.3. The fourth-order valence-corrected chi connectivity index (χ4v) is 8.62. The summed E-state index contributed by atoms with van der Waals surface area (Å²) in [4.78, 5) is 24.4. The lowest BCUT2D eigenvalue weighted by atomic mass is 10.0. The third kappa shape index (κ3) is 49.6. The minimum absolute atomic E-state index is 0.00457. The molecule has 1 amide bonds. The van der Waals surface area contributed by atoms with Gasteiger partial charge in [0.1, 0.15) is 0 Å². The number of hydrogen-bond acceptors (Lipinski definition) is 5. The fourth-order valence-electron chi connectivity index (χ4n) is 8.62. The van der Waals surface area contributed by atoms with E-state index in [1.165, 1.54) is 231 Å². The average molecular weight is 889 g/mol. The summed E-state index contributed by atoms with van der Waals surface area (Å²) < 4.78 is 5.45. The molecule has 0 spiro atoms. The van der Waals surface area contributed by atoms with Gasteiger partial charge in [-0.1, -0.05) is 263 Å². The van der Waals surface area contributed by atoms with Crippen LogP contribution in [-0.4, -0.2) is 47.4 Å². The third-order valence-corrected chi connectivity index (χ3v) is 13.0. The van der Waals surface area contributed by atoms with Crippen LogP contribution in [0.25, 0.3) is 0 Å². The molecule has 0 aliphatic rings. The highest BCUT2D eigenvalue weighted by molar-refractivity contribution is 5.76. The van der Waals surface area contributed by atoms with Crippen molar-refractivity contribution in [1.82, 2.24) is 5.32 Å². The summed E-state index contributed by atoms with van der Waals surface area (Å²) in [5, 5.41) is 23.1. The van der Waals surface area contributed by atoms with Gasteiger partial charge in [-0.25, -0.2) is 0 Å². The van der Waals surface area contributed by atoms with Crippen LogP contribution in [0.4, 0.5) is 0 Å². The Hall–Kier alpha value is -1.66. The van der Waals surface area contributed by atoms with Gasteiger partial charge in [0.2, 0.25) is 5.91 Å². The van der Waals surface area contributed by atoms with Crippen molar-refractivity contribution >= 4 is 11.9 Å². The van der Waals surface area contributed by atoms with E-state index >= 15 is 0 Å². The quantitative estimate of drug-likeness (QED) is 0.0321. The SMILES string of the molecule is CCCC/C=C\CCCCCCCC(=O)OCCCCCCCCCCCCCCCCCCCCC(=O)NC(CO)C(O)/C=C/CCCCCCCCCCCCCCCCC. The molecule has 372 valence electrons. The molecule has 0 saturated heterocycles. The Bertz CT molecular complexity index is 982. The number of esters is 1. The maximum Gasteiger partial charge on any atom is 0.305 e. The highest BCUT2D eigenvalue weighted by Gasteiger charge is 2.18. The van der Waals surface area contributed by atoms with Crippen LogP contribution in [0.1, 0.15) is 303 Å². The number of rotatable bonds is 52. The lowest BCUT2D eigenvalue weighted by molar-refractivity contribution is -0.143. The van der Waals surface area contributed by atoms with Gasteiger partial charge >= 0.3 is 5.97 Å². The predicted octanol–water partition coefficient (Wildman–Crippen LogP) is 17.1. The molecular formula is C57H109NO5. The summed E-state index contributed by atoms with van der Waals surface area (Å²) in [7, 11) is 0. The number of carbonyl (C=O) groups is 2. The molecule has 0 aromatic heterocycles. The van der Waals surface area contributed by atoms with Gasteiger partial charge in [-0.3, -0.25) is 9.59 Å². The first-order valence-corrected chi connectivity index (χ1v) is 28.1. The molecular weight excluding hydrogens is 779 g/mol. The fraction of sp³-hybridized carbons (Fsp3) is 0.895. The van der Waals surface area contributed by atoms with Crippen molar-refractivity contribution in [1.29, 1.82) is 0 Å². The van der Waals surface area contributed by atoms with Crippen LogP contribution in [0.15, 0.2) is 24.3 Å². The smallest absolute Gasteiger partial charge is 0.305 e. The van der Waals surface area contributed by atoms with Gasteiger partial charge in [-0.15, -0.1) is 0 Å². The Kier molecular flexibility index (Phi) is 51.6. The number of aliphatic hydroxyl groups excluding tert-OH is 2. The van der Waals surface area contributed by atoms with Crippen molar-refractivity contribution in [3.63, 3.8) is 0 Å². The number of ether oxygens (including phenoxy) is 1. The Morgan fingerprint density at radius 3 is 1.17 bits per heavy atom. The molecule has 0 aromatic carbocycles. The van der Waals surface area contributed by atoms with E-state index < -0.39 is 12.1 Å². The average Bonchev–Trinajstić information content (AvgIpc) is 3.28. The molecule has 63 heavy (non-hydrogen) atoms. The summed E-state index contributed by atoms with van der Waals surface area (Å²) >= 11 is 0. The molecule has 0 rings (SSSR count). The molecule has 6 nitrogen and oxygen atoms in total. The topological polar surface area (TPSA) is 95.9 Å². The molecule has 0 saturated carbocycles. The molecule has 2 unspecified atom stereocenters. The van der Waals surface area contributed by atoms with Gasteiger partial charge in [-0.05, 0) is 51.4 Å². The maximum absolute atomic E-state index is 12.5. The second kappa shape index (κ2) is 53.0. The van der Waals surface area contributed by atoms with Gasteiger partial charge in [0.05, 0.1) is 25.4 Å². The summed E-state index contributed by atoms with van der Waals surface area (Å²) in [5.41, 5.74) is 0. The first-order valence-electron chi connectivity index (χ1n) is 28.1. The lowest BCUT2D eigenvalue weighted by Gasteiger charge is -2.20. The lowest BCUT2D eigenvalue weighted by Crippen LogP contribution is -2.45. The Labute approximate surface area is 392 Å². The third-order valence-electron chi connectivity index (χ3n) is 13.0. The van der Waals surface area contributed by atoms with E-state index in [0.29, 0.717) is 19.4 Å². The first kappa shape index (κ1) is 61.3. The van der Waals surface area contributed by atoms with Crippen molar-refractivity contribution in [3.05, 3.63) is 24.3 Å². The van der Waals surface area contributed by atoms with Crippen LogP contribution in [-0.2, 0) is 14.3 Å². The number of hydrogen-bond donors (Lipinski definition) is 3. The zero-order chi connectivity index (χ0) is 45.8. The number of nitrogens with one attached hydrogen (secondary N) is 1. The highest BCUT2D eigenvalue weighted by atomic mass is 16.5. The largest absolute Gasteiger partial charge is 0.466 e. The van der Waals surface area contributed by atoms with Crippen molar-refractivity contribution in [2.45, 2.75) is 315 Å². The van der Waals surface area contributed by atoms with E-state index in [0.717, 1.165) is 44.9 Å². The van der Waals surface area contributed by atoms with Gasteiger partial charge in [-0.2, -0.15) is 0 Å². The molecule has 0 heterocycles. The van der Waals surface area contributed by atoms with Crippen LogP contribution < -0.4 is 5.32 Å². The molecule has 3 N–H and O–H groups in total.